The molecule has 0 aromatic rings. The van der Waals surface area contributed by atoms with Crippen molar-refractivity contribution in [1.29, 1.82) is 0 Å². The number of aliphatic hydroxyl groups excluding tert-OH is 1. The lowest BCUT2D eigenvalue weighted by atomic mass is 9.40. The Kier molecular flexibility index (Phi) is 2.56. The van der Waals surface area contributed by atoms with Crippen molar-refractivity contribution in [1.82, 2.24) is 0 Å². The largest absolute Gasteiger partial charge is 0.393 e. The van der Waals surface area contributed by atoms with Gasteiger partial charge in [-0.15, -0.1) is 0 Å². The van der Waals surface area contributed by atoms with Crippen LogP contribution in [0, 0.1) is 34.0 Å². The Morgan fingerprint density at radius 2 is 1.82 bits per heavy atom. The number of hydrogen-bond donors (Lipinski definition) is 1. The first-order valence-corrected chi connectivity index (χ1v) is 9.65. The zero-order chi connectivity index (χ0) is 15.4. The zero-order valence-corrected chi connectivity index (χ0v) is 14.5. The van der Waals surface area contributed by atoms with E-state index in [1.54, 1.807) is 0 Å². The number of hydrogen-bond acceptors (Lipinski definition) is 2. The van der Waals surface area contributed by atoms with Crippen molar-refractivity contribution < 1.29 is 9.84 Å². The van der Waals surface area contributed by atoms with Gasteiger partial charge in [0, 0.05) is 5.41 Å². The first-order chi connectivity index (χ1) is 10.3. The van der Waals surface area contributed by atoms with E-state index in [-0.39, 0.29) is 17.1 Å². The van der Waals surface area contributed by atoms with Crippen LogP contribution in [0.3, 0.4) is 0 Å². The molecular weight excluding hydrogens is 272 g/mol. The molecule has 1 aliphatic heterocycles. The lowest BCUT2D eigenvalue weighted by Crippen LogP contribution is -2.61. The van der Waals surface area contributed by atoms with Gasteiger partial charge in [-0.3, -0.25) is 0 Å². The molecule has 7 atom stereocenters. The molecule has 5 rings (SSSR count). The summed E-state index contributed by atoms with van der Waals surface area (Å²) < 4.78 is 5.96. The van der Waals surface area contributed by atoms with E-state index < -0.39 is 0 Å². The Hall–Kier alpha value is -0.0800. The molecular formula is C20H32O2. The first kappa shape index (κ1) is 14.3. The normalized spacial score (nSPS) is 61.6. The Balaban J connectivity index is 1.59. The van der Waals surface area contributed by atoms with Gasteiger partial charge < -0.3 is 9.84 Å². The SMILES string of the molecule is CC1(C)CCC[C@]2(C)[C@@H]1C[C@H](O)[C@@]13C[C@@H](CC[C@@H]21)[C@]1(CO1)C3. The second-order valence-corrected chi connectivity index (χ2v) is 10.4. The number of ether oxygens (including phenoxy) is 1. The van der Waals surface area contributed by atoms with Crippen LogP contribution in [-0.2, 0) is 4.74 Å². The molecule has 0 aromatic heterocycles. The smallest absolute Gasteiger partial charge is 0.0951 e. The van der Waals surface area contributed by atoms with Gasteiger partial charge in [-0.2, -0.15) is 0 Å². The summed E-state index contributed by atoms with van der Waals surface area (Å²) >= 11 is 0. The van der Waals surface area contributed by atoms with Crippen molar-refractivity contribution in [2.45, 2.75) is 83.8 Å². The van der Waals surface area contributed by atoms with Gasteiger partial charge in [0.1, 0.15) is 0 Å². The molecule has 2 nitrogen and oxygen atoms in total. The molecule has 1 heterocycles. The first-order valence-electron chi connectivity index (χ1n) is 9.65. The van der Waals surface area contributed by atoms with Gasteiger partial charge in [0.15, 0.2) is 0 Å². The fourth-order valence-electron chi connectivity index (χ4n) is 8.24. The average molecular weight is 304 g/mol. The van der Waals surface area contributed by atoms with Crippen LogP contribution in [0.2, 0.25) is 0 Å². The van der Waals surface area contributed by atoms with Crippen molar-refractivity contribution in [3.05, 3.63) is 0 Å². The van der Waals surface area contributed by atoms with Crippen LogP contribution in [0.4, 0.5) is 0 Å². The topological polar surface area (TPSA) is 32.8 Å². The highest BCUT2D eigenvalue weighted by Gasteiger charge is 2.73. The van der Waals surface area contributed by atoms with Crippen molar-refractivity contribution >= 4 is 0 Å². The molecule has 124 valence electrons. The number of epoxide rings is 1. The van der Waals surface area contributed by atoms with Crippen LogP contribution < -0.4 is 0 Å². The van der Waals surface area contributed by atoms with Crippen LogP contribution in [0.5, 0.6) is 0 Å². The molecule has 5 fully saturated rings. The molecule has 4 aliphatic carbocycles. The molecule has 1 N–H and O–H groups in total. The Morgan fingerprint density at radius 3 is 2.55 bits per heavy atom. The molecule has 2 spiro atoms. The van der Waals surface area contributed by atoms with Gasteiger partial charge in [-0.05, 0) is 73.5 Å². The maximum absolute atomic E-state index is 11.3. The summed E-state index contributed by atoms with van der Waals surface area (Å²) in [6.45, 7) is 8.50. The van der Waals surface area contributed by atoms with Crippen LogP contribution in [0.25, 0.3) is 0 Å². The summed E-state index contributed by atoms with van der Waals surface area (Å²) in [6.07, 6.45) is 10.2. The summed E-state index contributed by atoms with van der Waals surface area (Å²) in [4.78, 5) is 0. The van der Waals surface area contributed by atoms with E-state index in [0.717, 1.165) is 24.9 Å². The quantitative estimate of drug-likeness (QED) is 0.682. The van der Waals surface area contributed by atoms with E-state index in [4.69, 9.17) is 4.74 Å². The third-order valence-electron chi connectivity index (χ3n) is 9.21. The molecule has 4 saturated carbocycles. The molecule has 1 saturated heterocycles. The lowest BCUT2D eigenvalue weighted by Gasteiger charge is -2.65. The minimum atomic E-state index is -0.0840. The zero-order valence-electron chi connectivity index (χ0n) is 14.5. The van der Waals surface area contributed by atoms with E-state index >= 15 is 0 Å². The summed E-state index contributed by atoms with van der Waals surface area (Å²) in [5.41, 5.74) is 1.24. The summed E-state index contributed by atoms with van der Waals surface area (Å²) in [5.74, 6) is 2.18. The number of aliphatic hydroxyl groups is 1. The maximum atomic E-state index is 11.3. The minimum Gasteiger partial charge on any atom is -0.393 e. The number of rotatable bonds is 0. The Bertz CT molecular complexity index is 508. The Morgan fingerprint density at radius 1 is 1.05 bits per heavy atom. The summed E-state index contributed by atoms with van der Waals surface area (Å²) in [5, 5.41) is 11.3. The lowest BCUT2D eigenvalue weighted by molar-refractivity contribution is -0.197. The molecule has 5 aliphatic rings. The molecule has 0 radical (unpaired) electrons. The van der Waals surface area contributed by atoms with E-state index in [2.05, 4.69) is 20.8 Å². The van der Waals surface area contributed by atoms with Gasteiger partial charge in [0.2, 0.25) is 0 Å². The van der Waals surface area contributed by atoms with E-state index in [1.165, 1.54) is 44.9 Å². The standard InChI is InChI=1S/C20H32O2/c1-17(2)7-4-8-18(3)14-6-5-13-10-19(14,11-20(13)12-22-20)16(21)9-15(17)18/h13-16,21H,4-12H2,1-3H3/t13-,14+,15-,16+,18+,19-,20-/m1/s1. The van der Waals surface area contributed by atoms with Gasteiger partial charge in [0.25, 0.3) is 0 Å². The second-order valence-electron chi connectivity index (χ2n) is 10.4. The molecule has 0 unspecified atom stereocenters. The molecule has 0 amide bonds. The van der Waals surface area contributed by atoms with E-state index in [9.17, 15) is 5.11 Å². The van der Waals surface area contributed by atoms with Gasteiger partial charge in [-0.25, -0.2) is 0 Å². The number of fused-ring (bicyclic) bond motifs is 4. The highest BCUT2D eigenvalue weighted by atomic mass is 16.6. The monoisotopic (exact) mass is 304 g/mol. The van der Waals surface area contributed by atoms with Crippen molar-refractivity contribution in [3.8, 4) is 0 Å². The van der Waals surface area contributed by atoms with Crippen LogP contribution in [-0.4, -0.2) is 23.4 Å². The van der Waals surface area contributed by atoms with Crippen molar-refractivity contribution in [2.75, 3.05) is 6.61 Å². The fourth-order valence-corrected chi connectivity index (χ4v) is 8.24. The molecule has 2 heteroatoms. The molecule has 22 heavy (non-hydrogen) atoms. The highest BCUT2D eigenvalue weighted by Crippen LogP contribution is 2.74. The summed E-state index contributed by atoms with van der Waals surface area (Å²) in [7, 11) is 0. The van der Waals surface area contributed by atoms with Crippen LogP contribution >= 0.6 is 0 Å². The predicted octanol–water partition coefficient (Wildman–Crippen LogP) is 4.16. The maximum Gasteiger partial charge on any atom is 0.0951 e. The average Bonchev–Trinajstić information content (AvgIpc) is 3.17. The third kappa shape index (κ3) is 1.50. The minimum absolute atomic E-state index is 0.0840. The molecule has 2 bridgehead atoms. The fraction of sp³-hybridized carbons (Fsp3) is 1.00. The third-order valence-corrected chi connectivity index (χ3v) is 9.21. The molecule has 0 aromatic carbocycles. The predicted molar refractivity (Wildman–Crippen MR) is 86.4 cm³/mol. The van der Waals surface area contributed by atoms with Crippen molar-refractivity contribution in [3.63, 3.8) is 0 Å². The van der Waals surface area contributed by atoms with Gasteiger partial charge in [-0.1, -0.05) is 27.2 Å². The van der Waals surface area contributed by atoms with E-state index in [0.29, 0.717) is 16.7 Å². The van der Waals surface area contributed by atoms with Crippen LogP contribution in [0.1, 0.15) is 72.1 Å². The van der Waals surface area contributed by atoms with E-state index in [1.807, 2.05) is 0 Å². The van der Waals surface area contributed by atoms with Gasteiger partial charge >= 0.3 is 0 Å². The van der Waals surface area contributed by atoms with Crippen LogP contribution in [0.15, 0.2) is 0 Å². The highest BCUT2D eigenvalue weighted by molar-refractivity contribution is 5.22. The van der Waals surface area contributed by atoms with Gasteiger partial charge in [0.05, 0.1) is 18.3 Å². The summed E-state index contributed by atoms with van der Waals surface area (Å²) in [6, 6.07) is 0. The van der Waals surface area contributed by atoms with Crippen molar-refractivity contribution in [2.24, 2.45) is 34.0 Å². The second kappa shape index (κ2) is 3.94. The Labute approximate surface area is 135 Å².